The predicted octanol–water partition coefficient (Wildman–Crippen LogP) is 0.964. The quantitative estimate of drug-likeness (QED) is 0.685. The molecule has 1 nitrogen and oxygen atoms in total. The number of halogens is 1. The standard InChI is InChI=1S/C8H14BrN/c1-8(9)7-10-5-3-2-4-6-10/h1-7H2/p+1. The fraction of sp³-hybridized carbons (Fsp3) is 0.750. The maximum atomic E-state index is 3.85. The first-order valence-corrected chi connectivity index (χ1v) is 4.75. The molecule has 0 atom stereocenters. The Morgan fingerprint density at radius 2 is 1.90 bits per heavy atom. The summed E-state index contributed by atoms with van der Waals surface area (Å²) in [7, 11) is 0. The lowest BCUT2D eigenvalue weighted by Crippen LogP contribution is -3.12. The van der Waals surface area contributed by atoms with Gasteiger partial charge in [-0.1, -0.05) is 22.5 Å². The van der Waals surface area contributed by atoms with Crippen LogP contribution in [0.15, 0.2) is 11.1 Å². The van der Waals surface area contributed by atoms with Crippen LogP contribution >= 0.6 is 15.9 Å². The van der Waals surface area contributed by atoms with E-state index in [1.54, 1.807) is 4.90 Å². The van der Waals surface area contributed by atoms with Crippen LogP contribution in [0.3, 0.4) is 0 Å². The molecule has 1 N–H and O–H groups in total. The van der Waals surface area contributed by atoms with Gasteiger partial charge >= 0.3 is 0 Å². The summed E-state index contributed by atoms with van der Waals surface area (Å²) in [4.78, 5) is 1.69. The van der Waals surface area contributed by atoms with Crippen molar-refractivity contribution in [1.82, 2.24) is 0 Å². The van der Waals surface area contributed by atoms with Gasteiger partial charge in [0.05, 0.1) is 13.1 Å². The highest BCUT2D eigenvalue weighted by atomic mass is 79.9. The van der Waals surface area contributed by atoms with E-state index in [9.17, 15) is 0 Å². The number of quaternary nitrogens is 1. The first-order chi connectivity index (χ1) is 4.79. The third-order valence-corrected chi connectivity index (χ3v) is 2.28. The van der Waals surface area contributed by atoms with Crippen LogP contribution in [-0.4, -0.2) is 19.6 Å². The van der Waals surface area contributed by atoms with Crippen LogP contribution in [0.25, 0.3) is 0 Å². The van der Waals surface area contributed by atoms with E-state index in [0.29, 0.717) is 0 Å². The number of hydrogen-bond donors (Lipinski definition) is 1. The van der Waals surface area contributed by atoms with Gasteiger partial charge in [-0.25, -0.2) is 0 Å². The molecule has 0 aromatic heterocycles. The third kappa shape index (κ3) is 2.84. The van der Waals surface area contributed by atoms with Crippen LogP contribution in [0.4, 0.5) is 0 Å². The molecule has 1 heterocycles. The third-order valence-electron chi connectivity index (χ3n) is 2.00. The number of likely N-dealkylation sites (tertiary alicyclic amines) is 1. The van der Waals surface area contributed by atoms with E-state index >= 15 is 0 Å². The Hall–Kier alpha value is 0.180. The van der Waals surface area contributed by atoms with Crippen LogP contribution in [0.1, 0.15) is 19.3 Å². The van der Waals surface area contributed by atoms with Gasteiger partial charge in [-0.3, -0.25) is 0 Å². The fourth-order valence-corrected chi connectivity index (χ4v) is 1.90. The molecule has 0 radical (unpaired) electrons. The van der Waals surface area contributed by atoms with Crippen molar-refractivity contribution in [3.8, 4) is 0 Å². The summed E-state index contributed by atoms with van der Waals surface area (Å²) in [6, 6.07) is 0. The summed E-state index contributed by atoms with van der Waals surface area (Å²) < 4.78 is 1.14. The van der Waals surface area contributed by atoms with E-state index in [4.69, 9.17) is 0 Å². The summed E-state index contributed by atoms with van der Waals surface area (Å²) in [5.41, 5.74) is 0. The molecule has 1 rings (SSSR count). The molecular weight excluding hydrogens is 190 g/mol. The van der Waals surface area contributed by atoms with Gasteiger partial charge in [0.2, 0.25) is 0 Å². The van der Waals surface area contributed by atoms with Crippen molar-refractivity contribution >= 4 is 15.9 Å². The monoisotopic (exact) mass is 204 g/mol. The van der Waals surface area contributed by atoms with E-state index in [1.807, 2.05) is 0 Å². The van der Waals surface area contributed by atoms with Crippen LogP contribution < -0.4 is 4.90 Å². The molecule has 1 fully saturated rings. The lowest BCUT2D eigenvalue weighted by Gasteiger charge is -2.22. The molecule has 10 heavy (non-hydrogen) atoms. The topological polar surface area (TPSA) is 4.44 Å². The average molecular weight is 205 g/mol. The second-order valence-electron chi connectivity index (χ2n) is 3.00. The van der Waals surface area contributed by atoms with Crippen molar-refractivity contribution in [3.63, 3.8) is 0 Å². The molecular formula is C8H15BrN+. The highest BCUT2D eigenvalue weighted by Gasteiger charge is 2.12. The maximum absolute atomic E-state index is 3.85. The lowest BCUT2D eigenvalue weighted by atomic mass is 10.1. The van der Waals surface area contributed by atoms with Crippen LogP contribution in [0.2, 0.25) is 0 Å². The van der Waals surface area contributed by atoms with Gasteiger partial charge < -0.3 is 4.90 Å². The zero-order valence-corrected chi connectivity index (χ0v) is 7.91. The lowest BCUT2D eigenvalue weighted by molar-refractivity contribution is -0.899. The second-order valence-corrected chi connectivity index (χ2v) is 4.13. The normalized spacial score (nSPS) is 20.9. The van der Waals surface area contributed by atoms with E-state index in [1.165, 1.54) is 32.4 Å². The van der Waals surface area contributed by atoms with Gasteiger partial charge in [0.1, 0.15) is 6.54 Å². The molecule has 0 amide bonds. The van der Waals surface area contributed by atoms with E-state index in [0.717, 1.165) is 11.0 Å². The summed E-state index contributed by atoms with van der Waals surface area (Å²) >= 11 is 3.39. The van der Waals surface area contributed by atoms with Gasteiger partial charge in [-0.2, -0.15) is 0 Å². The maximum Gasteiger partial charge on any atom is 0.109 e. The van der Waals surface area contributed by atoms with Gasteiger partial charge in [0, 0.05) is 4.48 Å². The highest BCUT2D eigenvalue weighted by Crippen LogP contribution is 1.98. The zero-order valence-electron chi connectivity index (χ0n) is 6.33. The number of hydrogen-bond acceptors (Lipinski definition) is 0. The van der Waals surface area contributed by atoms with Gasteiger partial charge in [-0.05, 0) is 19.3 Å². The Bertz CT molecular complexity index is 116. The molecule has 0 aromatic carbocycles. The predicted molar refractivity (Wildman–Crippen MR) is 47.5 cm³/mol. The Balaban J connectivity index is 2.19. The Kier molecular flexibility index (Phi) is 3.43. The number of rotatable bonds is 2. The molecule has 1 aliphatic rings. The molecule has 0 spiro atoms. The summed E-state index contributed by atoms with van der Waals surface area (Å²) in [5.74, 6) is 0. The number of piperidine rings is 1. The fourth-order valence-electron chi connectivity index (χ4n) is 1.50. The largest absolute Gasteiger partial charge is 0.331 e. The van der Waals surface area contributed by atoms with Gasteiger partial charge in [-0.15, -0.1) is 0 Å². The summed E-state index contributed by atoms with van der Waals surface area (Å²) in [5, 5.41) is 0. The van der Waals surface area contributed by atoms with Crippen molar-refractivity contribution in [2.45, 2.75) is 19.3 Å². The first kappa shape index (κ1) is 8.28. The molecule has 0 aromatic rings. The van der Waals surface area contributed by atoms with Crippen LogP contribution in [-0.2, 0) is 0 Å². The molecule has 2 heteroatoms. The van der Waals surface area contributed by atoms with Gasteiger partial charge in [0.25, 0.3) is 0 Å². The van der Waals surface area contributed by atoms with E-state index in [2.05, 4.69) is 22.5 Å². The Morgan fingerprint density at radius 1 is 1.30 bits per heavy atom. The molecule has 0 saturated carbocycles. The minimum atomic E-state index is 1.11. The second kappa shape index (κ2) is 4.14. The smallest absolute Gasteiger partial charge is 0.109 e. The Labute approximate surface area is 71.2 Å². The van der Waals surface area contributed by atoms with E-state index in [-0.39, 0.29) is 0 Å². The van der Waals surface area contributed by atoms with Crippen molar-refractivity contribution in [2.24, 2.45) is 0 Å². The zero-order chi connectivity index (χ0) is 7.40. The highest BCUT2D eigenvalue weighted by molar-refractivity contribution is 9.11. The van der Waals surface area contributed by atoms with E-state index < -0.39 is 0 Å². The average Bonchev–Trinajstić information content (AvgIpc) is 1.88. The van der Waals surface area contributed by atoms with Crippen molar-refractivity contribution in [2.75, 3.05) is 19.6 Å². The SMILES string of the molecule is C=C(Br)C[NH+]1CCCCC1. The molecule has 0 bridgehead atoms. The van der Waals surface area contributed by atoms with Crippen LogP contribution in [0, 0.1) is 0 Å². The van der Waals surface area contributed by atoms with Crippen LogP contribution in [0.5, 0.6) is 0 Å². The molecule has 1 saturated heterocycles. The summed E-state index contributed by atoms with van der Waals surface area (Å²) in [6.45, 7) is 7.63. The minimum absolute atomic E-state index is 1.11. The summed E-state index contributed by atoms with van der Waals surface area (Å²) in [6.07, 6.45) is 4.23. The number of nitrogens with one attached hydrogen (secondary N) is 1. The minimum Gasteiger partial charge on any atom is -0.331 e. The molecule has 0 aliphatic carbocycles. The Morgan fingerprint density at radius 3 is 2.40 bits per heavy atom. The van der Waals surface area contributed by atoms with Crippen molar-refractivity contribution in [1.29, 1.82) is 0 Å². The molecule has 58 valence electrons. The molecule has 0 unspecified atom stereocenters. The van der Waals surface area contributed by atoms with Crippen molar-refractivity contribution in [3.05, 3.63) is 11.1 Å². The van der Waals surface area contributed by atoms with Gasteiger partial charge in [0.15, 0.2) is 0 Å². The molecule has 1 aliphatic heterocycles. The first-order valence-electron chi connectivity index (χ1n) is 3.96. The van der Waals surface area contributed by atoms with Crippen molar-refractivity contribution < 1.29 is 4.90 Å².